The van der Waals surface area contributed by atoms with Crippen molar-refractivity contribution in [2.45, 2.75) is 6.42 Å². The van der Waals surface area contributed by atoms with E-state index in [1.54, 1.807) is 7.11 Å². The zero-order valence-electron chi connectivity index (χ0n) is 10.6. The van der Waals surface area contributed by atoms with Crippen molar-refractivity contribution >= 4 is 31.9 Å². The standard InChI is InChI=1S/C14H11Br2NO3/c1-20-13-11(15)5-8(6-12(13)16)4-9-7-10(18)2-3-17-14(9)19/h2-3,5-7H,4H2,1H3,(H,17,19). The lowest BCUT2D eigenvalue weighted by atomic mass is 10.1. The van der Waals surface area contributed by atoms with Gasteiger partial charge in [-0.3, -0.25) is 9.59 Å². The Morgan fingerprint density at radius 2 is 1.80 bits per heavy atom. The van der Waals surface area contributed by atoms with E-state index in [9.17, 15) is 9.59 Å². The Bertz CT molecular complexity index is 733. The van der Waals surface area contributed by atoms with E-state index in [0.717, 1.165) is 14.5 Å². The van der Waals surface area contributed by atoms with Crippen LogP contribution in [0.5, 0.6) is 5.75 Å². The predicted molar refractivity (Wildman–Crippen MR) is 84.5 cm³/mol. The summed E-state index contributed by atoms with van der Waals surface area (Å²) in [5, 5.41) is 0. The minimum atomic E-state index is -0.268. The van der Waals surface area contributed by atoms with Crippen molar-refractivity contribution in [3.05, 3.63) is 71.1 Å². The SMILES string of the molecule is COc1c(Br)cc(Cc2cc(=O)cc[nH]c2=O)cc1Br. The molecule has 1 N–H and O–H groups in total. The Morgan fingerprint density at radius 3 is 2.40 bits per heavy atom. The van der Waals surface area contributed by atoms with Gasteiger partial charge in [-0.25, -0.2) is 0 Å². The average Bonchev–Trinajstić information content (AvgIpc) is 2.51. The molecule has 0 aliphatic rings. The third-order valence-corrected chi connectivity index (χ3v) is 3.91. The molecule has 2 aromatic rings. The second kappa shape index (κ2) is 6.37. The first-order valence-corrected chi connectivity index (χ1v) is 7.33. The van der Waals surface area contributed by atoms with Gasteiger partial charge in [-0.1, -0.05) is 0 Å². The first-order valence-electron chi connectivity index (χ1n) is 5.75. The molecular weight excluding hydrogens is 390 g/mol. The van der Waals surface area contributed by atoms with Crippen LogP contribution in [0.2, 0.25) is 0 Å². The van der Waals surface area contributed by atoms with Gasteiger partial charge in [0.25, 0.3) is 5.56 Å². The molecule has 0 saturated heterocycles. The Morgan fingerprint density at radius 1 is 1.15 bits per heavy atom. The third kappa shape index (κ3) is 3.37. The van der Waals surface area contributed by atoms with E-state index in [1.807, 2.05) is 12.1 Å². The van der Waals surface area contributed by atoms with Crippen molar-refractivity contribution in [3.63, 3.8) is 0 Å². The molecule has 0 amide bonds. The number of H-pyrrole nitrogens is 1. The maximum Gasteiger partial charge on any atom is 0.251 e. The summed E-state index contributed by atoms with van der Waals surface area (Å²) in [4.78, 5) is 25.8. The Kier molecular flexibility index (Phi) is 4.77. The second-order valence-electron chi connectivity index (χ2n) is 4.15. The fraction of sp³-hybridized carbons (Fsp3) is 0.143. The van der Waals surface area contributed by atoms with Crippen LogP contribution in [0.4, 0.5) is 0 Å². The van der Waals surface area contributed by atoms with Gasteiger partial charge in [0.05, 0.1) is 16.1 Å². The number of nitrogens with one attached hydrogen (secondary N) is 1. The highest BCUT2D eigenvalue weighted by Crippen LogP contribution is 2.34. The number of benzene rings is 1. The van der Waals surface area contributed by atoms with Gasteiger partial charge in [0.15, 0.2) is 5.43 Å². The van der Waals surface area contributed by atoms with Gasteiger partial charge in [-0.05, 0) is 55.6 Å². The number of halogens is 2. The van der Waals surface area contributed by atoms with Crippen molar-refractivity contribution in [2.24, 2.45) is 0 Å². The maximum atomic E-state index is 11.8. The minimum absolute atomic E-state index is 0.204. The summed E-state index contributed by atoms with van der Waals surface area (Å²) in [5.41, 5.74) is 0.838. The summed E-state index contributed by atoms with van der Waals surface area (Å²) in [5.74, 6) is 0.686. The van der Waals surface area contributed by atoms with E-state index in [-0.39, 0.29) is 11.0 Å². The van der Waals surface area contributed by atoms with Crippen molar-refractivity contribution in [3.8, 4) is 5.75 Å². The third-order valence-electron chi connectivity index (χ3n) is 2.73. The van der Waals surface area contributed by atoms with Crippen molar-refractivity contribution in [1.29, 1.82) is 0 Å². The largest absolute Gasteiger partial charge is 0.494 e. The fourth-order valence-corrected chi connectivity index (χ4v) is 3.44. The van der Waals surface area contributed by atoms with Crippen LogP contribution in [0.15, 0.2) is 49.0 Å². The molecule has 6 heteroatoms. The topological polar surface area (TPSA) is 59.2 Å². The number of methoxy groups -OCH3 is 1. The van der Waals surface area contributed by atoms with Gasteiger partial charge >= 0.3 is 0 Å². The molecule has 2 rings (SSSR count). The lowest BCUT2D eigenvalue weighted by Gasteiger charge is -2.08. The smallest absolute Gasteiger partial charge is 0.251 e. The van der Waals surface area contributed by atoms with Gasteiger partial charge in [0.1, 0.15) is 5.75 Å². The first-order chi connectivity index (χ1) is 9.51. The van der Waals surface area contributed by atoms with Gasteiger partial charge < -0.3 is 9.72 Å². The summed E-state index contributed by atoms with van der Waals surface area (Å²) < 4.78 is 6.79. The normalized spacial score (nSPS) is 10.3. The number of rotatable bonds is 3. The molecule has 0 atom stereocenters. The van der Waals surface area contributed by atoms with Crippen LogP contribution in [-0.2, 0) is 6.42 Å². The van der Waals surface area contributed by atoms with E-state index in [2.05, 4.69) is 36.8 Å². The maximum absolute atomic E-state index is 11.8. The van der Waals surface area contributed by atoms with E-state index >= 15 is 0 Å². The minimum Gasteiger partial charge on any atom is -0.494 e. The quantitative estimate of drug-likeness (QED) is 0.861. The zero-order chi connectivity index (χ0) is 14.7. The molecule has 0 bridgehead atoms. The molecule has 0 unspecified atom stereocenters. The first kappa shape index (κ1) is 15.0. The summed E-state index contributed by atoms with van der Waals surface area (Å²) in [7, 11) is 1.58. The van der Waals surface area contributed by atoms with Gasteiger partial charge in [0.2, 0.25) is 0 Å². The van der Waals surface area contributed by atoms with Crippen LogP contribution in [0, 0.1) is 0 Å². The molecule has 0 spiro atoms. The van der Waals surface area contributed by atoms with Gasteiger partial charge in [-0.2, -0.15) is 0 Å². The van der Waals surface area contributed by atoms with E-state index in [0.29, 0.717) is 17.7 Å². The summed E-state index contributed by atoms with van der Waals surface area (Å²) in [6, 6.07) is 6.40. The molecule has 20 heavy (non-hydrogen) atoms. The Hall–Kier alpha value is -1.40. The molecule has 104 valence electrons. The summed E-state index contributed by atoms with van der Waals surface area (Å²) in [6.45, 7) is 0. The average molecular weight is 401 g/mol. The van der Waals surface area contributed by atoms with Crippen molar-refractivity contribution in [2.75, 3.05) is 7.11 Å². The molecule has 1 heterocycles. The van der Waals surface area contributed by atoms with E-state index in [1.165, 1.54) is 18.3 Å². The highest BCUT2D eigenvalue weighted by Gasteiger charge is 2.09. The monoisotopic (exact) mass is 399 g/mol. The lowest BCUT2D eigenvalue weighted by molar-refractivity contribution is 0.409. The van der Waals surface area contributed by atoms with Crippen LogP contribution < -0.4 is 15.7 Å². The van der Waals surface area contributed by atoms with Crippen molar-refractivity contribution < 1.29 is 4.74 Å². The molecule has 1 aromatic heterocycles. The lowest BCUT2D eigenvalue weighted by Crippen LogP contribution is -2.10. The number of hydrogen-bond acceptors (Lipinski definition) is 3. The molecule has 0 radical (unpaired) electrons. The van der Waals surface area contributed by atoms with Crippen LogP contribution >= 0.6 is 31.9 Å². The number of hydrogen-bond donors (Lipinski definition) is 1. The molecule has 1 aromatic carbocycles. The number of ether oxygens (including phenoxy) is 1. The molecule has 0 aliphatic heterocycles. The van der Waals surface area contributed by atoms with Crippen LogP contribution in [0.1, 0.15) is 11.1 Å². The van der Waals surface area contributed by atoms with Crippen molar-refractivity contribution in [1.82, 2.24) is 4.98 Å². The Labute approximate surface area is 132 Å². The van der Waals surface area contributed by atoms with Crippen LogP contribution in [-0.4, -0.2) is 12.1 Å². The van der Waals surface area contributed by atoms with Gasteiger partial charge in [-0.15, -0.1) is 0 Å². The Balaban J connectivity index is 2.46. The van der Waals surface area contributed by atoms with Crippen LogP contribution in [0.3, 0.4) is 0 Å². The summed E-state index contributed by atoms with van der Waals surface area (Å²) in [6.07, 6.45) is 1.72. The van der Waals surface area contributed by atoms with E-state index < -0.39 is 0 Å². The predicted octanol–water partition coefficient (Wildman–Crippen LogP) is 2.86. The summed E-state index contributed by atoms with van der Waals surface area (Å²) >= 11 is 6.82. The molecule has 4 nitrogen and oxygen atoms in total. The molecule has 0 aliphatic carbocycles. The molecule has 0 saturated carbocycles. The molecule has 0 fully saturated rings. The highest BCUT2D eigenvalue weighted by molar-refractivity contribution is 9.11. The van der Waals surface area contributed by atoms with Crippen LogP contribution in [0.25, 0.3) is 0 Å². The fourth-order valence-electron chi connectivity index (χ4n) is 1.84. The molecular formula is C14H11Br2NO3. The van der Waals surface area contributed by atoms with E-state index in [4.69, 9.17) is 4.74 Å². The highest BCUT2D eigenvalue weighted by atomic mass is 79.9. The number of aromatic nitrogens is 1. The zero-order valence-corrected chi connectivity index (χ0v) is 13.7. The second-order valence-corrected chi connectivity index (χ2v) is 5.86. The van der Waals surface area contributed by atoms with Gasteiger partial charge in [0, 0.05) is 24.2 Å². The number of aromatic amines is 1.